The van der Waals surface area contributed by atoms with Gasteiger partial charge < -0.3 is 4.90 Å². The molecule has 0 bridgehead atoms. The van der Waals surface area contributed by atoms with Crippen LogP contribution < -0.4 is 4.90 Å². The molecule has 0 saturated heterocycles. The highest BCUT2D eigenvalue weighted by molar-refractivity contribution is 5.92. The van der Waals surface area contributed by atoms with Gasteiger partial charge in [0.15, 0.2) is 0 Å². The van der Waals surface area contributed by atoms with Gasteiger partial charge in [0.2, 0.25) is 5.91 Å². The smallest absolute Gasteiger partial charge is 0.223 e. The minimum absolute atomic E-state index is 0.0274. The number of anilines is 1. The molecule has 0 saturated carbocycles. The lowest BCUT2D eigenvalue weighted by Crippen LogP contribution is -2.33. The van der Waals surface area contributed by atoms with Gasteiger partial charge in [-0.25, -0.2) is 9.07 Å². The van der Waals surface area contributed by atoms with E-state index in [-0.39, 0.29) is 11.7 Å². The highest BCUT2D eigenvalue weighted by Crippen LogP contribution is 2.28. The molecular weight excluding hydrogens is 245 g/mol. The predicted octanol–water partition coefficient (Wildman–Crippen LogP) is 2.31. The predicted molar refractivity (Wildman–Crippen MR) is 69.9 cm³/mol. The summed E-state index contributed by atoms with van der Waals surface area (Å²) in [5.74, 6) is -0.241. The lowest BCUT2D eigenvalue weighted by Gasteiger charge is -2.26. The van der Waals surface area contributed by atoms with Crippen molar-refractivity contribution in [2.24, 2.45) is 0 Å². The van der Waals surface area contributed by atoms with Crippen LogP contribution in [0.15, 0.2) is 30.5 Å². The van der Waals surface area contributed by atoms with Gasteiger partial charge >= 0.3 is 0 Å². The normalized spacial score (nSPS) is 14.3. The van der Waals surface area contributed by atoms with E-state index in [1.54, 1.807) is 34.8 Å². The zero-order chi connectivity index (χ0) is 13.4. The van der Waals surface area contributed by atoms with Crippen molar-refractivity contribution in [3.05, 3.63) is 42.0 Å². The summed E-state index contributed by atoms with van der Waals surface area (Å²) >= 11 is 0. The van der Waals surface area contributed by atoms with Crippen LogP contribution in [0.4, 0.5) is 10.1 Å². The Morgan fingerprint density at radius 2 is 2.05 bits per heavy atom. The van der Waals surface area contributed by atoms with Crippen molar-refractivity contribution in [1.82, 2.24) is 9.78 Å². The zero-order valence-electron chi connectivity index (χ0n) is 10.6. The van der Waals surface area contributed by atoms with Crippen LogP contribution in [0.1, 0.15) is 19.0 Å². The van der Waals surface area contributed by atoms with E-state index in [1.807, 2.05) is 0 Å². The van der Waals surface area contributed by atoms with Gasteiger partial charge in [-0.05, 0) is 37.1 Å². The van der Waals surface area contributed by atoms with Gasteiger partial charge in [-0.15, -0.1) is 0 Å². The fourth-order valence-corrected chi connectivity index (χ4v) is 2.48. The highest BCUT2D eigenvalue weighted by Gasteiger charge is 2.24. The van der Waals surface area contributed by atoms with Crippen molar-refractivity contribution in [3.63, 3.8) is 0 Å². The Kier molecular flexibility index (Phi) is 2.81. The van der Waals surface area contributed by atoms with E-state index in [0.717, 1.165) is 36.5 Å². The average Bonchev–Trinajstić information content (AvgIpc) is 2.83. The number of rotatable bonds is 1. The van der Waals surface area contributed by atoms with E-state index < -0.39 is 0 Å². The third kappa shape index (κ3) is 2.01. The summed E-state index contributed by atoms with van der Waals surface area (Å²) in [4.78, 5) is 13.3. The summed E-state index contributed by atoms with van der Waals surface area (Å²) < 4.78 is 14.7. The van der Waals surface area contributed by atoms with Crippen LogP contribution in [0, 0.1) is 5.82 Å². The molecule has 1 amide bonds. The molecule has 0 unspecified atom stereocenters. The fourth-order valence-electron chi connectivity index (χ4n) is 2.48. The molecular formula is C14H14FN3O. The quantitative estimate of drug-likeness (QED) is 0.788. The fraction of sp³-hybridized carbons (Fsp3) is 0.286. The lowest BCUT2D eigenvalue weighted by atomic mass is 10.1. The average molecular weight is 259 g/mol. The number of benzene rings is 1. The highest BCUT2D eigenvalue weighted by atomic mass is 19.1. The van der Waals surface area contributed by atoms with E-state index in [0.29, 0.717) is 0 Å². The summed E-state index contributed by atoms with van der Waals surface area (Å²) in [7, 11) is 0. The Balaban J connectivity index is 2.05. The minimum Gasteiger partial charge on any atom is -0.309 e. The summed E-state index contributed by atoms with van der Waals surface area (Å²) in [6.45, 7) is 2.29. The molecule has 1 aliphatic heterocycles. The monoisotopic (exact) mass is 259 g/mol. The molecule has 0 radical (unpaired) electrons. The second-order valence-corrected chi connectivity index (χ2v) is 4.64. The van der Waals surface area contributed by atoms with E-state index in [9.17, 15) is 9.18 Å². The largest absolute Gasteiger partial charge is 0.309 e. The number of fused-ring (bicyclic) bond motifs is 1. The molecule has 3 rings (SSSR count). The number of hydrogen-bond donors (Lipinski definition) is 0. The SMILES string of the molecule is CC(=O)N1CCCc2c1cnn2-c1ccc(F)cc1. The first kappa shape index (κ1) is 11.9. The van der Waals surface area contributed by atoms with Gasteiger partial charge in [0, 0.05) is 13.5 Å². The Morgan fingerprint density at radius 3 is 2.74 bits per heavy atom. The molecule has 1 aliphatic rings. The van der Waals surface area contributed by atoms with Crippen LogP contribution in [0.2, 0.25) is 0 Å². The van der Waals surface area contributed by atoms with E-state index in [4.69, 9.17) is 0 Å². The lowest BCUT2D eigenvalue weighted by molar-refractivity contribution is -0.116. The molecule has 2 heterocycles. The second-order valence-electron chi connectivity index (χ2n) is 4.64. The van der Waals surface area contributed by atoms with Crippen LogP contribution in [-0.2, 0) is 11.2 Å². The topological polar surface area (TPSA) is 38.1 Å². The molecule has 0 fully saturated rings. The van der Waals surface area contributed by atoms with Crippen LogP contribution >= 0.6 is 0 Å². The van der Waals surface area contributed by atoms with Crippen molar-refractivity contribution in [3.8, 4) is 5.69 Å². The van der Waals surface area contributed by atoms with Crippen LogP contribution in [0.25, 0.3) is 5.69 Å². The number of carbonyl (C=O) groups excluding carboxylic acids is 1. The molecule has 1 aromatic carbocycles. The van der Waals surface area contributed by atoms with Crippen LogP contribution in [-0.4, -0.2) is 22.2 Å². The van der Waals surface area contributed by atoms with Gasteiger partial charge in [0.1, 0.15) is 5.82 Å². The molecule has 0 atom stereocenters. The Morgan fingerprint density at radius 1 is 1.32 bits per heavy atom. The summed E-state index contributed by atoms with van der Waals surface area (Å²) in [6, 6.07) is 6.20. The molecule has 0 spiro atoms. The van der Waals surface area contributed by atoms with Crippen molar-refractivity contribution in [2.75, 3.05) is 11.4 Å². The second kappa shape index (κ2) is 4.50. The minimum atomic E-state index is -0.268. The van der Waals surface area contributed by atoms with E-state index in [1.165, 1.54) is 12.1 Å². The molecule has 5 heteroatoms. The standard InChI is InChI=1S/C14H14FN3O/c1-10(19)17-8-2-3-13-14(17)9-16-18(13)12-6-4-11(15)5-7-12/h4-7,9H,2-3,8H2,1H3. The number of amides is 1. The van der Waals surface area contributed by atoms with Crippen molar-refractivity contribution in [2.45, 2.75) is 19.8 Å². The van der Waals surface area contributed by atoms with Crippen molar-refractivity contribution in [1.29, 1.82) is 0 Å². The molecule has 19 heavy (non-hydrogen) atoms. The van der Waals surface area contributed by atoms with Gasteiger partial charge in [-0.3, -0.25) is 4.79 Å². The number of nitrogens with zero attached hydrogens (tertiary/aromatic N) is 3. The molecule has 2 aromatic rings. The van der Waals surface area contributed by atoms with Crippen LogP contribution in [0.5, 0.6) is 0 Å². The first-order valence-electron chi connectivity index (χ1n) is 6.28. The first-order valence-corrected chi connectivity index (χ1v) is 6.28. The summed E-state index contributed by atoms with van der Waals surface area (Å²) in [6.07, 6.45) is 3.50. The zero-order valence-corrected chi connectivity index (χ0v) is 10.6. The Bertz CT molecular complexity index is 618. The summed E-state index contributed by atoms with van der Waals surface area (Å²) in [5, 5.41) is 4.33. The first-order chi connectivity index (χ1) is 9.16. The maximum Gasteiger partial charge on any atom is 0.223 e. The molecule has 0 aliphatic carbocycles. The Labute approximate surface area is 110 Å². The van der Waals surface area contributed by atoms with Crippen molar-refractivity contribution >= 4 is 11.6 Å². The van der Waals surface area contributed by atoms with Gasteiger partial charge in [-0.2, -0.15) is 5.10 Å². The maximum atomic E-state index is 13.0. The third-order valence-electron chi connectivity index (χ3n) is 3.38. The number of carbonyl (C=O) groups is 1. The van der Waals surface area contributed by atoms with E-state index in [2.05, 4.69) is 5.10 Å². The number of halogens is 1. The van der Waals surface area contributed by atoms with Crippen LogP contribution in [0.3, 0.4) is 0 Å². The Hall–Kier alpha value is -2.17. The summed E-state index contributed by atoms with van der Waals surface area (Å²) in [5.41, 5.74) is 2.68. The van der Waals surface area contributed by atoms with Crippen molar-refractivity contribution < 1.29 is 9.18 Å². The van der Waals surface area contributed by atoms with Gasteiger partial charge in [0.05, 0.1) is 23.3 Å². The molecule has 0 N–H and O–H groups in total. The maximum absolute atomic E-state index is 13.0. The number of aromatic nitrogens is 2. The number of hydrogen-bond acceptors (Lipinski definition) is 2. The van der Waals surface area contributed by atoms with Gasteiger partial charge in [0.25, 0.3) is 0 Å². The van der Waals surface area contributed by atoms with E-state index >= 15 is 0 Å². The third-order valence-corrected chi connectivity index (χ3v) is 3.38. The molecule has 98 valence electrons. The molecule has 1 aromatic heterocycles. The van der Waals surface area contributed by atoms with Gasteiger partial charge in [-0.1, -0.05) is 0 Å². The molecule has 4 nitrogen and oxygen atoms in total.